The summed E-state index contributed by atoms with van der Waals surface area (Å²) in [6.45, 7) is 2.37. The molecule has 0 aliphatic carbocycles. The van der Waals surface area contributed by atoms with Gasteiger partial charge in [-0.3, -0.25) is 4.79 Å². The fourth-order valence-corrected chi connectivity index (χ4v) is 3.11. The summed E-state index contributed by atoms with van der Waals surface area (Å²) in [5, 5.41) is 13.5. The molecule has 0 unspecified atom stereocenters. The van der Waals surface area contributed by atoms with Crippen molar-refractivity contribution < 1.29 is 9.90 Å². The molecule has 0 aromatic heterocycles. The van der Waals surface area contributed by atoms with Crippen molar-refractivity contribution >= 4 is 5.91 Å². The molecule has 0 spiro atoms. The highest BCUT2D eigenvalue weighted by atomic mass is 16.3. The Bertz CT molecular complexity index is 860. The van der Waals surface area contributed by atoms with Gasteiger partial charge in [0.1, 0.15) is 5.75 Å². The summed E-state index contributed by atoms with van der Waals surface area (Å²) in [6, 6.07) is 25.4. The van der Waals surface area contributed by atoms with Crippen molar-refractivity contribution in [3.05, 3.63) is 101 Å². The van der Waals surface area contributed by atoms with E-state index in [1.807, 2.05) is 85.8 Å². The molecule has 3 aromatic rings. The van der Waals surface area contributed by atoms with Crippen LogP contribution in [0.5, 0.6) is 5.75 Å². The molecule has 2 N–H and O–H groups in total. The van der Waals surface area contributed by atoms with Crippen molar-refractivity contribution in [3.8, 4) is 5.75 Å². The molecule has 0 aliphatic rings. The van der Waals surface area contributed by atoms with Gasteiger partial charge in [-0.1, -0.05) is 78.9 Å². The molecule has 1 atom stereocenters. The minimum atomic E-state index is -0.188. The Morgan fingerprint density at radius 1 is 0.923 bits per heavy atom. The molecule has 0 saturated carbocycles. The maximum absolute atomic E-state index is 12.6. The number of phenols is 1. The van der Waals surface area contributed by atoms with Gasteiger partial charge in [-0.15, -0.1) is 0 Å². The smallest absolute Gasteiger partial charge is 0.221 e. The lowest BCUT2D eigenvalue weighted by molar-refractivity contribution is -0.121. The third kappa shape index (κ3) is 4.31. The summed E-state index contributed by atoms with van der Waals surface area (Å²) in [7, 11) is 0. The van der Waals surface area contributed by atoms with Crippen molar-refractivity contribution in [2.75, 3.05) is 0 Å². The van der Waals surface area contributed by atoms with Gasteiger partial charge in [-0.2, -0.15) is 0 Å². The number of aromatic hydroxyl groups is 1. The van der Waals surface area contributed by atoms with Gasteiger partial charge >= 0.3 is 0 Å². The highest BCUT2D eigenvalue weighted by Crippen LogP contribution is 2.35. The van der Waals surface area contributed by atoms with Gasteiger partial charge < -0.3 is 10.4 Å². The molecule has 0 bridgehead atoms. The zero-order valence-corrected chi connectivity index (χ0v) is 14.9. The number of carbonyl (C=O) groups is 1. The first-order valence-electron chi connectivity index (χ1n) is 8.79. The van der Waals surface area contributed by atoms with E-state index in [1.165, 1.54) is 0 Å². The molecule has 132 valence electrons. The minimum Gasteiger partial charge on any atom is -0.507 e. The third-order valence-corrected chi connectivity index (χ3v) is 4.57. The minimum absolute atomic E-state index is 0.0383. The Balaban J connectivity index is 1.80. The predicted molar refractivity (Wildman–Crippen MR) is 104 cm³/mol. The molecule has 0 saturated heterocycles. The van der Waals surface area contributed by atoms with Gasteiger partial charge in [0.05, 0.1) is 0 Å². The zero-order valence-electron chi connectivity index (χ0n) is 14.9. The van der Waals surface area contributed by atoms with E-state index in [4.69, 9.17) is 0 Å². The molecular formula is C23H23NO2. The number of aryl methyl sites for hydroxylation is 1. The molecule has 3 aromatic carbocycles. The highest BCUT2D eigenvalue weighted by molar-refractivity contribution is 5.77. The summed E-state index contributed by atoms with van der Waals surface area (Å²) < 4.78 is 0. The average Bonchev–Trinajstić information content (AvgIpc) is 2.68. The Morgan fingerprint density at radius 3 is 2.27 bits per heavy atom. The molecule has 3 rings (SSSR count). The number of carbonyl (C=O) groups excluding carboxylic acids is 1. The predicted octanol–water partition coefficient (Wildman–Crippen LogP) is 4.54. The van der Waals surface area contributed by atoms with Crippen LogP contribution in [0.25, 0.3) is 0 Å². The molecule has 3 heteroatoms. The average molecular weight is 345 g/mol. The Hall–Kier alpha value is -3.07. The number of para-hydroxylation sites is 1. The quantitative estimate of drug-likeness (QED) is 0.689. The lowest BCUT2D eigenvalue weighted by Gasteiger charge is -2.20. The molecule has 0 heterocycles. The van der Waals surface area contributed by atoms with Crippen LogP contribution in [0, 0.1) is 6.92 Å². The van der Waals surface area contributed by atoms with Gasteiger partial charge in [-0.25, -0.2) is 0 Å². The number of benzene rings is 3. The topological polar surface area (TPSA) is 49.3 Å². The van der Waals surface area contributed by atoms with Crippen molar-refractivity contribution in [1.29, 1.82) is 0 Å². The largest absolute Gasteiger partial charge is 0.507 e. The van der Waals surface area contributed by atoms with Crippen LogP contribution in [0.15, 0.2) is 78.9 Å². The van der Waals surface area contributed by atoms with Gasteiger partial charge in [0, 0.05) is 24.4 Å². The number of rotatable bonds is 6. The van der Waals surface area contributed by atoms with Crippen LogP contribution in [0.1, 0.15) is 34.6 Å². The number of amides is 1. The van der Waals surface area contributed by atoms with E-state index < -0.39 is 0 Å². The van der Waals surface area contributed by atoms with Gasteiger partial charge in [0.15, 0.2) is 0 Å². The number of hydrogen-bond donors (Lipinski definition) is 2. The SMILES string of the molecule is Cc1cccc([C@H](CC(=O)NCc2ccccc2)c2ccccc2)c1O. The van der Waals surface area contributed by atoms with E-state index in [1.54, 1.807) is 0 Å². The lowest BCUT2D eigenvalue weighted by Crippen LogP contribution is -2.25. The second-order valence-corrected chi connectivity index (χ2v) is 6.44. The lowest BCUT2D eigenvalue weighted by atomic mass is 9.86. The molecule has 1 amide bonds. The normalized spacial score (nSPS) is 11.7. The monoisotopic (exact) mass is 345 g/mol. The molecule has 26 heavy (non-hydrogen) atoms. The number of hydrogen-bond acceptors (Lipinski definition) is 2. The second-order valence-electron chi connectivity index (χ2n) is 6.44. The maximum Gasteiger partial charge on any atom is 0.221 e. The van der Waals surface area contributed by atoms with Gasteiger partial charge in [0.2, 0.25) is 5.91 Å². The standard InChI is InChI=1S/C23H23NO2/c1-17-9-8-14-20(23(17)26)21(19-12-6-3-7-13-19)15-22(25)24-16-18-10-4-2-5-11-18/h2-14,21,26H,15-16H2,1H3,(H,24,25)/t21-/m1/s1. The van der Waals surface area contributed by atoms with Crippen LogP contribution in [-0.4, -0.2) is 11.0 Å². The summed E-state index contributed by atoms with van der Waals surface area (Å²) in [4.78, 5) is 12.6. The fraction of sp³-hybridized carbons (Fsp3) is 0.174. The summed E-state index contributed by atoms with van der Waals surface area (Å²) >= 11 is 0. The first kappa shape index (κ1) is 17.7. The molecule has 0 fully saturated rings. The molecule has 0 radical (unpaired) electrons. The molecule has 0 aliphatic heterocycles. The molecular weight excluding hydrogens is 322 g/mol. The van der Waals surface area contributed by atoms with Crippen molar-refractivity contribution in [2.24, 2.45) is 0 Å². The van der Waals surface area contributed by atoms with Crippen LogP contribution in [0.3, 0.4) is 0 Å². The van der Waals surface area contributed by atoms with E-state index in [9.17, 15) is 9.90 Å². The van der Waals surface area contributed by atoms with Crippen molar-refractivity contribution in [2.45, 2.75) is 25.8 Å². The maximum atomic E-state index is 12.6. The number of phenolic OH excluding ortho intramolecular Hbond substituents is 1. The highest BCUT2D eigenvalue weighted by Gasteiger charge is 2.21. The first-order chi connectivity index (χ1) is 12.6. The van der Waals surface area contributed by atoms with E-state index >= 15 is 0 Å². The Morgan fingerprint density at radius 2 is 1.58 bits per heavy atom. The van der Waals surface area contributed by atoms with Crippen molar-refractivity contribution in [1.82, 2.24) is 5.32 Å². The molecule has 3 nitrogen and oxygen atoms in total. The summed E-state index contributed by atoms with van der Waals surface area (Å²) in [6.07, 6.45) is 0.286. The Kier molecular flexibility index (Phi) is 5.69. The van der Waals surface area contributed by atoms with E-state index in [0.29, 0.717) is 6.54 Å². The van der Waals surface area contributed by atoms with E-state index in [-0.39, 0.29) is 24.0 Å². The Labute approximate surface area is 154 Å². The van der Waals surface area contributed by atoms with Crippen LogP contribution in [0.2, 0.25) is 0 Å². The third-order valence-electron chi connectivity index (χ3n) is 4.57. The van der Waals surface area contributed by atoms with Crippen LogP contribution < -0.4 is 5.32 Å². The first-order valence-corrected chi connectivity index (χ1v) is 8.79. The van der Waals surface area contributed by atoms with Crippen LogP contribution in [0.4, 0.5) is 0 Å². The fourth-order valence-electron chi connectivity index (χ4n) is 3.11. The zero-order chi connectivity index (χ0) is 18.4. The van der Waals surface area contributed by atoms with Gasteiger partial charge in [-0.05, 0) is 23.6 Å². The van der Waals surface area contributed by atoms with Crippen molar-refractivity contribution in [3.63, 3.8) is 0 Å². The van der Waals surface area contributed by atoms with E-state index in [2.05, 4.69) is 5.32 Å². The van der Waals surface area contributed by atoms with Crippen LogP contribution in [-0.2, 0) is 11.3 Å². The van der Waals surface area contributed by atoms with Gasteiger partial charge in [0.25, 0.3) is 0 Å². The van der Waals surface area contributed by atoms with E-state index in [0.717, 1.165) is 22.3 Å². The summed E-state index contributed by atoms with van der Waals surface area (Å²) in [5.74, 6) is 0.0349. The number of nitrogens with one attached hydrogen (secondary N) is 1. The summed E-state index contributed by atoms with van der Waals surface area (Å²) in [5.41, 5.74) is 3.68. The second kappa shape index (κ2) is 8.34. The van der Waals surface area contributed by atoms with Crippen LogP contribution >= 0.6 is 0 Å².